The smallest absolute Gasteiger partial charge is 0.0685 e. The molecule has 116 valence electrons. The lowest BCUT2D eigenvalue weighted by atomic mass is 9.74. The van der Waals surface area contributed by atoms with E-state index >= 15 is 0 Å². The largest absolute Gasteiger partial charge is 0.375 e. The van der Waals surface area contributed by atoms with Crippen molar-refractivity contribution in [1.82, 2.24) is 5.32 Å². The summed E-state index contributed by atoms with van der Waals surface area (Å²) in [6, 6.07) is 0. The molecule has 1 aliphatic heterocycles. The van der Waals surface area contributed by atoms with Crippen molar-refractivity contribution in [3.8, 4) is 0 Å². The van der Waals surface area contributed by atoms with Crippen LogP contribution in [0, 0.1) is 17.8 Å². The first-order valence-electron chi connectivity index (χ1n) is 9.18. The number of hydrogen-bond donors (Lipinski definition) is 1. The van der Waals surface area contributed by atoms with E-state index < -0.39 is 0 Å². The second-order valence-corrected chi connectivity index (χ2v) is 7.55. The summed E-state index contributed by atoms with van der Waals surface area (Å²) >= 11 is 0. The van der Waals surface area contributed by atoms with Gasteiger partial charge in [-0.05, 0) is 75.8 Å². The van der Waals surface area contributed by atoms with Crippen LogP contribution in [0.1, 0.15) is 71.1 Å². The van der Waals surface area contributed by atoms with Crippen LogP contribution in [0.3, 0.4) is 0 Å². The zero-order chi connectivity index (χ0) is 13.8. The first kappa shape index (κ1) is 14.8. The zero-order valence-corrected chi connectivity index (χ0v) is 13.3. The van der Waals surface area contributed by atoms with Gasteiger partial charge in [-0.25, -0.2) is 0 Å². The van der Waals surface area contributed by atoms with Gasteiger partial charge < -0.3 is 10.1 Å². The van der Waals surface area contributed by atoms with Crippen LogP contribution < -0.4 is 5.32 Å². The van der Waals surface area contributed by atoms with Gasteiger partial charge in [-0.1, -0.05) is 26.2 Å². The lowest BCUT2D eigenvalue weighted by Crippen LogP contribution is -2.41. The van der Waals surface area contributed by atoms with Crippen LogP contribution in [-0.4, -0.2) is 25.3 Å². The van der Waals surface area contributed by atoms with Gasteiger partial charge in [-0.3, -0.25) is 0 Å². The van der Waals surface area contributed by atoms with Crippen molar-refractivity contribution >= 4 is 0 Å². The Morgan fingerprint density at radius 1 is 1.10 bits per heavy atom. The van der Waals surface area contributed by atoms with Gasteiger partial charge in [-0.15, -0.1) is 0 Å². The van der Waals surface area contributed by atoms with Crippen molar-refractivity contribution in [2.75, 3.05) is 19.7 Å². The Kier molecular flexibility index (Phi) is 5.04. The molecule has 0 radical (unpaired) electrons. The van der Waals surface area contributed by atoms with Gasteiger partial charge in [0.1, 0.15) is 0 Å². The van der Waals surface area contributed by atoms with E-state index in [0.29, 0.717) is 5.60 Å². The summed E-state index contributed by atoms with van der Waals surface area (Å²) in [5.74, 6) is 2.89. The molecule has 0 amide bonds. The van der Waals surface area contributed by atoms with Crippen molar-refractivity contribution in [1.29, 1.82) is 0 Å². The molecule has 2 nitrogen and oxygen atoms in total. The first-order valence-corrected chi connectivity index (χ1v) is 9.18. The molecule has 0 aromatic carbocycles. The molecule has 3 unspecified atom stereocenters. The van der Waals surface area contributed by atoms with Crippen molar-refractivity contribution in [3.63, 3.8) is 0 Å². The summed E-state index contributed by atoms with van der Waals surface area (Å²) in [5, 5.41) is 3.68. The molecule has 1 spiro atoms. The molecule has 20 heavy (non-hydrogen) atoms. The molecule has 2 saturated carbocycles. The van der Waals surface area contributed by atoms with E-state index in [1.165, 1.54) is 77.3 Å². The van der Waals surface area contributed by atoms with Crippen molar-refractivity contribution in [2.45, 2.75) is 76.7 Å². The first-order chi connectivity index (χ1) is 9.83. The number of ether oxygens (including phenoxy) is 1. The molecule has 0 aromatic rings. The standard InChI is InChI=1S/C18H33NO/c1-2-11-19-14-16-6-5-7-17(16)15-8-12-20-18(13-15)9-3-4-10-18/h15-17,19H,2-14H2,1H3. The topological polar surface area (TPSA) is 21.3 Å². The van der Waals surface area contributed by atoms with E-state index in [0.717, 1.165) is 24.4 Å². The molecular weight excluding hydrogens is 246 g/mol. The van der Waals surface area contributed by atoms with Crippen LogP contribution in [0.5, 0.6) is 0 Å². The van der Waals surface area contributed by atoms with Crippen molar-refractivity contribution < 1.29 is 4.74 Å². The van der Waals surface area contributed by atoms with Crippen molar-refractivity contribution in [2.24, 2.45) is 17.8 Å². The molecule has 3 atom stereocenters. The van der Waals surface area contributed by atoms with Gasteiger partial charge in [0.05, 0.1) is 5.60 Å². The SMILES string of the molecule is CCCNCC1CCCC1C1CCOC2(CCCC2)C1. The Labute approximate surface area is 125 Å². The number of hydrogen-bond acceptors (Lipinski definition) is 2. The van der Waals surface area contributed by atoms with Crippen LogP contribution in [0.4, 0.5) is 0 Å². The monoisotopic (exact) mass is 279 g/mol. The minimum Gasteiger partial charge on any atom is -0.375 e. The molecule has 1 saturated heterocycles. The molecule has 3 aliphatic rings. The van der Waals surface area contributed by atoms with E-state index in [-0.39, 0.29) is 0 Å². The van der Waals surface area contributed by atoms with Gasteiger partial charge in [0.25, 0.3) is 0 Å². The zero-order valence-electron chi connectivity index (χ0n) is 13.3. The molecular formula is C18H33NO. The van der Waals surface area contributed by atoms with Crippen LogP contribution >= 0.6 is 0 Å². The predicted octanol–water partition coefficient (Wildman–Crippen LogP) is 4.14. The molecule has 0 aromatic heterocycles. The molecule has 1 N–H and O–H groups in total. The Bertz CT molecular complexity index is 298. The number of nitrogens with one attached hydrogen (secondary N) is 1. The van der Waals surface area contributed by atoms with Gasteiger partial charge in [0, 0.05) is 6.61 Å². The third-order valence-electron chi connectivity index (χ3n) is 6.20. The second kappa shape index (κ2) is 6.79. The average Bonchev–Trinajstić information content (AvgIpc) is 3.09. The maximum absolute atomic E-state index is 6.23. The van der Waals surface area contributed by atoms with Gasteiger partial charge in [-0.2, -0.15) is 0 Å². The summed E-state index contributed by atoms with van der Waals surface area (Å²) in [7, 11) is 0. The summed E-state index contributed by atoms with van der Waals surface area (Å²) in [4.78, 5) is 0. The summed E-state index contributed by atoms with van der Waals surface area (Å²) < 4.78 is 6.23. The third kappa shape index (κ3) is 3.22. The van der Waals surface area contributed by atoms with E-state index in [2.05, 4.69) is 12.2 Å². The molecule has 1 heterocycles. The lowest BCUT2D eigenvalue weighted by Gasteiger charge is -2.42. The van der Waals surface area contributed by atoms with E-state index in [1.807, 2.05) is 0 Å². The van der Waals surface area contributed by atoms with Crippen LogP contribution in [0.2, 0.25) is 0 Å². The highest BCUT2D eigenvalue weighted by Gasteiger charge is 2.44. The predicted molar refractivity (Wildman–Crippen MR) is 83.9 cm³/mol. The van der Waals surface area contributed by atoms with E-state index in [1.54, 1.807) is 0 Å². The summed E-state index contributed by atoms with van der Waals surface area (Å²) in [6.07, 6.45) is 13.9. The fourth-order valence-electron chi connectivity index (χ4n) is 5.20. The summed E-state index contributed by atoms with van der Waals surface area (Å²) in [6.45, 7) is 5.77. The van der Waals surface area contributed by atoms with Crippen LogP contribution in [0.15, 0.2) is 0 Å². The highest BCUT2D eigenvalue weighted by Crippen LogP contribution is 2.48. The Morgan fingerprint density at radius 2 is 1.95 bits per heavy atom. The lowest BCUT2D eigenvalue weighted by molar-refractivity contribution is -0.104. The molecule has 2 heteroatoms. The maximum Gasteiger partial charge on any atom is 0.0685 e. The highest BCUT2D eigenvalue weighted by molar-refractivity contribution is 4.95. The quantitative estimate of drug-likeness (QED) is 0.764. The normalized spacial score (nSPS) is 36.8. The Morgan fingerprint density at radius 3 is 2.75 bits per heavy atom. The minimum atomic E-state index is 0.312. The minimum absolute atomic E-state index is 0.312. The Balaban J connectivity index is 1.56. The van der Waals surface area contributed by atoms with E-state index in [4.69, 9.17) is 4.74 Å². The van der Waals surface area contributed by atoms with Crippen LogP contribution in [0.25, 0.3) is 0 Å². The fraction of sp³-hybridized carbons (Fsp3) is 1.00. The van der Waals surface area contributed by atoms with Gasteiger partial charge in [0.2, 0.25) is 0 Å². The fourth-order valence-corrected chi connectivity index (χ4v) is 5.20. The summed E-state index contributed by atoms with van der Waals surface area (Å²) in [5.41, 5.74) is 0.312. The van der Waals surface area contributed by atoms with Gasteiger partial charge in [0.15, 0.2) is 0 Å². The molecule has 0 bridgehead atoms. The molecule has 2 aliphatic carbocycles. The second-order valence-electron chi connectivity index (χ2n) is 7.55. The Hall–Kier alpha value is -0.0800. The molecule has 3 fully saturated rings. The molecule has 3 rings (SSSR count). The maximum atomic E-state index is 6.23. The van der Waals surface area contributed by atoms with Crippen LogP contribution in [-0.2, 0) is 4.74 Å². The highest BCUT2D eigenvalue weighted by atomic mass is 16.5. The number of rotatable bonds is 5. The van der Waals surface area contributed by atoms with Gasteiger partial charge >= 0.3 is 0 Å². The third-order valence-corrected chi connectivity index (χ3v) is 6.20. The average molecular weight is 279 g/mol. The van der Waals surface area contributed by atoms with Crippen molar-refractivity contribution in [3.05, 3.63) is 0 Å². The van der Waals surface area contributed by atoms with E-state index in [9.17, 15) is 0 Å².